The van der Waals surface area contributed by atoms with Crippen LogP contribution in [-0.4, -0.2) is 29.9 Å². The first kappa shape index (κ1) is 14.4. The highest BCUT2D eigenvalue weighted by Crippen LogP contribution is 2.06. The largest absolute Gasteiger partial charge is 0.366 e. The zero-order valence-electron chi connectivity index (χ0n) is 9.86. The predicted octanol–water partition coefficient (Wildman–Crippen LogP) is 1.65. The highest BCUT2D eigenvalue weighted by Gasteiger charge is 2.11. The molecule has 0 spiro atoms. The number of amides is 1. The molecule has 0 radical (unpaired) electrons. The number of carbonyl (C=O) groups is 1. The maximum atomic E-state index is 10.9. The fraction of sp³-hybridized carbons (Fsp3) is 0.308. The molecule has 0 aliphatic rings. The fourth-order valence-electron chi connectivity index (χ4n) is 1.31. The van der Waals surface area contributed by atoms with Crippen LogP contribution in [0.4, 0.5) is 0 Å². The summed E-state index contributed by atoms with van der Waals surface area (Å²) in [6, 6.07) is -0.0384. The molecule has 0 rings (SSSR count). The second-order valence-electron chi connectivity index (χ2n) is 3.47. The van der Waals surface area contributed by atoms with Gasteiger partial charge < -0.3 is 5.73 Å². The predicted molar refractivity (Wildman–Crippen MR) is 68.9 cm³/mol. The summed E-state index contributed by atoms with van der Waals surface area (Å²) in [6.07, 6.45) is 7.16. The van der Waals surface area contributed by atoms with E-state index in [4.69, 9.17) is 5.73 Å². The van der Waals surface area contributed by atoms with Crippen molar-refractivity contribution < 1.29 is 4.79 Å². The van der Waals surface area contributed by atoms with Gasteiger partial charge in [-0.1, -0.05) is 24.3 Å². The van der Waals surface area contributed by atoms with Gasteiger partial charge in [-0.3, -0.25) is 9.69 Å². The maximum absolute atomic E-state index is 10.9. The molecule has 3 heteroatoms. The first-order valence-corrected chi connectivity index (χ1v) is 5.13. The van der Waals surface area contributed by atoms with Crippen molar-refractivity contribution in [1.29, 1.82) is 0 Å². The van der Waals surface area contributed by atoms with Crippen molar-refractivity contribution in [2.75, 3.05) is 13.1 Å². The molecular formula is C13H20N2O. The fourth-order valence-corrected chi connectivity index (χ4v) is 1.31. The van der Waals surface area contributed by atoms with E-state index in [1.807, 2.05) is 0 Å². The number of hydrogen-bond donors (Lipinski definition) is 1. The Bertz CT molecular complexity index is 295. The molecule has 0 aromatic heterocycles. The standard InChI is InChI=1S/C13H20N2O/c1-5-8-15(9-6-2)12(7-3)10-11(4)13(14)16/h5-7,10,12H,1-3,8-9H2,4H3,(H2,14,16)/b11-10+. The molecule has 1 atom stereocenters. The summed E-state index contributed by atoms with van der Waals surface area (Å²) in [4.78, 5) is 13.0. The zero-order valence-corrected chi connectivity index (χ0v) is 9.86. The second kappa shape index (κ2) is 7.65. The van der Waals surface area contributed by atoms with Gasteiger partial charge >= 0.3 is 0 Å². The lowest BCUT2D eigenvalue weighted by atomic mass is 10.1. The summed E-state index contributed by atoms with van der Waals surface area (Å²) >= 11 is 0. The van der Waals surface area contributed by atoms with Crippen molar-refractivity contribution in [3.05, 3.63) is 49.6 Å². The zero-order chi connectivity index (χ0) is 12.6. The van der Waals surface area contributed by atoms with Gasteiger partial charge in [0, 0.05) is 24.7 Å². The van der Waals surface area contributed by atoms with Crippen LogP contribution in [0.15, 0.2) is 49.6 Å². The van der Waals surface area contributed by atoms with Gasteiger partial charge in [0.15, 0.2) is 0 Å². The van der Waals surface area contributed by atoms with Crippen molar-refractivity contribution in [3.8, 4) is 0 Å². The first-order chi connectivity index (χ1) is 7.56. The van der Waals surface area contributed by atoms with Crippen molar-refractivity contribution in [2.45, 2.75) is 13.0 Å². The monoisotopic (exact) mass is 220 g/mol. The molecule has 0 aromatic carbocycles. The minimum Gasteiger partial charge on any atom is -0.366 e. The molecule has 16 heavy (non-hydrogen) atoms. The number of carbonyl (C=O) groups excluding carboxylic acids is 1. The summed E-state index contributed by atoms with van der Waals surface area (Å²) in [5.74, 6) is -0.413. The van der Waals surface area contributed by atoms with Crippen molar-refractivity contribution >= 4 is 5.91 Å². The molecule has 0 aliphatic heterocycles. The molecule has 0 aliphatic carbocycles. The Labute approximate surface area is 97.6 Å². The smallest absolute Gasteiger partial charge is 0.244 e. The van der Waals surface area contributed by atoms with Crippen LogP contribution >= 0.6 is 0 Å². The lowest BCUT2D eigenvalue weighted by Crippen LogP contribution is -2.33. The van der Waals surface area contributed by atoms with Crippen LogP contribution in [0.3, 0.4) is 0 Å². The topological polar surface area (TPSA) is 46.3 Å². The average Bonchev–Trinajstić information content (AvgIpc) is 2.25. The van der Waals surface area contributed by atoms with Gasteiger partial charge in [-0.05, 0) is 6.92 Å². The first-order valence-electron chi connectivity index (χ1n) is 5.13. The van der Waals surface area contributed by atoms with Gasteiger partial charge in [0.05, 0.1) is 0 Å². The molecule has 0 bridgehead atoms. The van der Waals surface area contributed by atoms with E-state index in [1.165, 1.54) is 0 Å². The molecule has 0 aromatic rings. The number of hydrogen-bond acceptors (Lipinski definition) is 2. The summed E-state index contributed by atoms with van der Waals surface area (Å²) < 4.78 is 0. The Morgan fingerprint density at radius 3 is 2.12 bits per heavy atom. The van der Waals surface area contributed by atoms with Crippen LogP contribution in [0, 0.1) is 0 Å². The highest BCUT2D eigenvalue weighted by atomic mass is 16.1. The van der Waals surface area contributed by atoms with Crippen LogP contribution in [0.25, 0.3) is 0 Å². The molecular weight excluding hydrogens is 200 g/mol. The second-order valence-corrected chi connectivity index (χ2v) is 3.47. The Kier molecular flexibility index (Phi) is 6.88. The summed E-state index contributed by atoms with van der Waals surface area (Å²) in [7, 11) is 0. The summed E-state index contributed by atoms with van der Waals surface area (Å²) in [5.41, 5.74) is 5.72. The van der Waals surface area contributed by atoms with E-state index in [-0.39, 0.29) is 6.04 Å². The molecule has 2 N–H and O–H groups in total. The third-order valence-electron chi connectivity index (χ3n) is 2.20. The summed E-state index contributed by atoms with van der Waals surface area (Å²) in [5, 5.41) is 0. The normalized spacial score (nSPS) is 13.2. The molecule has 0 heterocycles. The molecule has 1 unspecified atom stereocenters. The maximum Gasteiger partial charge on any atom is 0.244 e. The van der Waals surface area contributed by atoms with E-state index >= 15 is 0 Å². The van der Waals surface area contributed by atoms with Gasteiger partial charge in [0.25, 0.3) is 0 Å². The van der Waals surface area contributed by atoms with Gasteiger partial charge in [0.2, 0.25) is 5.91 Å². The van der Waals surface area contributed by atoms with Gasteiger partial charge in [-0.2, -0.15) is 0 Å². The van der Waals surface area contributed by atoms with Crippen LogP contribution in [0.1, 0.15) is 6.92 Å². The molecule has 3 nitrogen and oxygen atoms in total. The van der Waals surface area contributed by atoms with E-state index in [0.29, 0.717) is 18.7 Å². The van der Waals surface area contributed by atoms with Crippen LogP contribution in [0.2, 0.25) is 0 Å². The van der Waals surface area contributed by atoms with E-state index in [0.717, 1.165) is 0 Å². The number of primary amides is 1. The van der Waals surface area contributed by atoms with E-state index in [1.54, 1.807) is 31.2 Å². The summed E-state index contributed by atoms with van der Waals surface area (Å²) in [6.45, 7) is 14.2. The van der Waals surface area contributed by atoms with Crippen molar-refractivity contribution in [3.63, 3.8) is 0 Å². The Morgan fingerprint density at radius 2 is 1.81 bits per heavy atom. The number of rotatable bonds is 8. The van der Waals surface area contributed by atoms with Gasteiger partial charge in [-0.25, -0.2) is 0 Å². The molecule has 0 saturated carbocycles. The molecule has 0 fully saturated rings. The highest BCUT2D eigenvalue weighted by molar-refractivity contribution is 5.91. The Morgan fingerprint density at radius 1 is 1.31 bits per heavy atom. The Hall–Kier alpha value is -1.61. The van der Waals surface area contributed by atoms with Gasteiger partial charge in [0.1, 0.15) is 0 Å². The average molecular weight is 220 g/mol. The quantitative estimate of drug-likeness (QED) is 0.499. The minimum absolute atomic E-state index is 0.0384. The van der Waals surface area contributed by atoms with Crippen molar-refractivity contribution in [2.24, 2.45) is 5.73 Å². The number of nitrogens with zero attached hydrogens (tertiary/aromatic N) is 1. The third-order valence-corrected chi connectivity index (χ3v) is 2.20. The van der Waals surface area contributed by atoms with Crippen LogP contribution in [0.5, 0.6) is 0 Å². The lowest BCUT2D eigenvalue weighted by Gasteiger charge is -2.25. The van der Waals surface area contributed by atoms with E-state index in [2.05, 4.69) is 24.6 Å². The molecule has 88 valence electrons. The SMILES string of the molecule is C=CCN(CC=C)C(C=C)/C=C(\C)C(N)=O. The minimum atomic E-state index is -0.413. The lowest BCUT2D eigenvalue weighted by molar-refractivity contribution is -0.114. The molecule has 1 amide bonds. The third kappa shape index (κ3) is 4.75. The number of nitrogens with two attached hydrogens (primary N) is 1. The van der Waals surface area contributed by atoms with Gasteiger partial charge in [-0.15, -0.1) is 19.7 Å². The molecule has 0 saturated heterocycles. The van der Waals surface area contributed by atoms with E-state index in [9.17, 15) is 4.79 Å². The van der Waals surface area contributed by atoms with Crippen LogP contribution in [-0.2, 0) is 4.79 Å². The van der Waals surface area contributed by atoms with Crippen molar-refractivity contribution in [1.82, 2.24) is 4.90 Å². The van der Waals surface area contributed by atoms with Crippen LogP contribution < -0.4 is 5.73 Å². The Balaban J connectivity index is 4.84. The van der Waals surface area contributed by atoms with E-state index < -0.39 is 5.91 Å².